The molecule has 2 N–H and O–H groups in total. The van der Waals surface area contributed by atoms with Gasteiger partial charge in [0.15, 0.2) is 0 Å². The van der Waals surface area contributed by atoms with Crippen LogP contribution < -0.4 is 10.6 Å². The van der Waals surface area contributed by atoms with Gasteiger partial charge < -0.3 is 10.2 Å². The SMILES string of the molecule is O=C(O)C1C=CC=CC1(O)P(c1ccccc1)c1ccccc1. The lowest BCUT2D eigenvalue weighted by atomic mass is 9.97. The minimum atomic E-state index is -1.46. The molecule has 3 rings (SSSR count). The number of carbonyl (C=O) groups is 1. The van der Waals surface area contributed by atoms with E-state index in [1.54, 1.807) is 24.3 Å². The Morgan fingerprint density at radius 3 is 1.91 bits per heavy atom. The molecule has 0 fully saturated rings. The maximum absolute atomic E-state index is 11.7. The second-order valence-electron chi connectivity index (χ2n) is 5.35. The Kier molecular flexibility index (Phi) is 4.42. The topological polar surface area (TPSA) is 57.5 Å². The van der Waals surface area contributed by atoms with Gasteiger partial charge in [-0.05, 0) is 24.6 Å². The molecule has 116 valence electrons. The van der Waals surface area contributed by atoms with Crippen LogP contribution in [0.4, 0.5) is 0 Å². The Balaban J connectivity index is 2.17. The molecule has 23 heavy (non-hydrogen) atoms. The highest BCUT2D eigenvalue weighted by Gasteiger charge is 2.46. The Morgan fingerprint density at radius 1 is 0.913 bits per heavy atom. The van der Waals surface area contributed by atoms with Crippen LogP contribution in [0.3, 0.4) is 0 Å². The molecule has 2 atom stereocenters. The molecule has 0 aliphatic heterocycles. The lowest BCUT2D eigenvalue weighted by molar-refractivity contribution is -0.143. The molecule has 1 aliphatic carbocycles. The molecular formula is C19H17O3P. The average molecular weight is 324 g/mol. The molecule has 1 aliphatic rings. The van der Waals surface area contributed by atoms with Crippen molar-refractivity contribution in [2.75, 3.05) is 0 Å². The van der Waals surface area contributed by atoms with Gasteiger partial charge >= 0.3 is 5.97 Å². The predicted octanol–water partition coefficient (Wildman–Crippen LogP) is 2.63. The van der Waals surface area contributed by atoms with Gasteiger partial charge in [-0.2, -0.15) is 0 Å². The molecule has 2 aromatic carbocycles. The third kappa shape index (κ3) is 2.98. The summed E-state index contributed by atoms with van der Waals surface area (Å²) in [6.45, 7) is 0. The van der Waals surface area contributed by atoms with Crippen LogP contribution in [-0.4, -0.2) is 21.5 Å². The van der Waals surface area contributed by atoms with Crippen molar-refractivity contribution in [3.8, 4) is 0 Å². The van der Waals surface area contributed by atoms with Gasteiger partial charge in [0.2, 0.25) is 0 Å². The molecule has 0 bridgehead atoms. The molecule has 2 aromatic rings. The van der Waals surface area contributed by atoms with Gasteiger partial charge in [-0.3, -0.25) is 4.79 Å². The molecule has 0 heterocycles. The lowest BCUT2D eigenvalue weighted by Crippen LogP contribution is -2.43. The fourth-order valence-electron chi connectivity index (χ4n) is 2.81. The molecule has 2 unspecified atom stereocenters. The standard InChI is InChI=1S/C19H17O3P/c20-18(21)17-13-7-8-14-19(17,22)23(15-9-3-1-4-10-15)16-11-5-2-6-12-16/h1-14,17,22H,(H,20,21). The van der Waals surface area contributed by atoms with E-state index in [0.29, 0.717) is 0 Å². The van der Waals surface area contributed by atoms with E-state index in [9.17, 15) is 15.0 Å². The van der Waals surface area contributed by atoms with Crippen molar-refractivity contribution < 1.29 is 15.0 Å². The zero-order valence-corrected chi connectivity index (χ0v) is 13.3. The minimum absolute atomic E-state index is 0.947. The highest BCUT2D eigenvalue weighted by molar-refractivity contribution is 7.74. The van der Waals surface area contributed by atoms with E-state index in [0.717, 1.165) is 10.6 Å². The van der Waals surface area contributed by atoms with E-state index < -0.39 is 25.2 Å². The highest BCUT2D eigenvalue weighted by atomic mass is 31.1. The summed E-state index contributed by atoms with van der Waals surface area (Å²) in [5.41, 5.74) is 0. The van der Waals surface area contributed by atoms with E-state index in [1.807, 2.05) is 60.7 Å². The van der Waals surface area contributed by atoms with Crippen molar-refractivity contribution in [3.63, 3.8) is 0 Å². The molecule has 3 nitrogen and oxygen atoms in total. The van der Waals surface area contributed by atoms with E-state index in [-0.39, 0.29) is 0 Å². The first-order chi connectivity index (χ1) is 11.1. The monoisotopic (exact) mass is 324 g/mol. The van der Waals surface area contributed by atoms with Gasteiger partial charge in [-0.15, -0.1) is 0 Å². The highest BCUT2D eigenvalue weighted by Crippen LogP contribution is 2.52. The number of hydrogen-bond donors (Lipinski definition) is 2. The number of aliphatic carboxylic acids is 1. The smallest absolute Gasteiger partial charge is 0.314 e. The summed E-state index contributed by atoms with van der Waals surface area (Å²) in [5.74, 6) is -1.99. The molecule has 0 radical (unpaired) electrons. The second kappa shape index (κ2) is 6.49. The molecule has 0 amide bonds. The van der Waals surface area contributed by atoms with Crippen molar-refractivity contribution in [3.05, 3.63) is 85.0 Å². The van der Waals surface area contributed by atoms with Crippen molar-refractivity contribution in [2.45, 2.75) is 5.34 Å². The van der Waals surface area contributed by atoms with Gasteiger partial charge in [-0.1, -0.05) is 78.9 Å². The minimum Gasteiger partial charge on any atom is -0.481 e. The number of benzene rings is 2. The number of allylic oxidation sites excluding steroid dienone is 2. The van der Waals surface area contributed by atoms with Crippen LogP contribution in [0.2, 0.25) is 0 Å². The van der Waals surface area contributed by atoms with E-state index >= 15 is 0 Å². The Morgan fingerprint density at radius 2 is 1.43 bits per heavy atom. The summed E-state index contributed by atoms with van der Waals surface area (Å²) < 4.78 is 0. The Labute approximate surface area is 136 Å². The molecule has 4 heteroatoms. The van der Waals surface area contributed by atoms with Crippen LogP contribution in [0.5, 0.6) is 0 Å². The average Bonchev–Trinajstić information content (AvgIpc) is 2.57. The first-order valence-electron chi connectivity index (χ1n) is 7.34. The number of aliphatic hydroxyl groups is 1. The Bertz CT molecular complexity index is 700. The van der Waals surface area contributed by atoms with Crippen LogP contribution in [-0.2, 0) is 4.79 Å². The summed E-state index contributed by atoms with van der Waals surface area (Å²) in [6, 6.07) is 19.3. The Hall–Kier alpha value is -2.22. The first-order valence-corrected chi connectivity index (χ1v) is 8.68. The van der Waals surface area contributed by atoms with Crippen LogP contribution in [0.1, 0.15) is 0 Å². The number of carboxylic acid groups (broad SMARTS) is 1. The van der Waals surface area contributed by atoms with Crippen LogP contribution in [0.25, 0.3) is 0 Å². The number of carboxylic acids is 1. The number of rotatable bonds is 4. The van der Waals surface area contributed by atoms with E-state index in [4.69, 9.17) is 0 Å². The zero-order chi connectivity index (χ0) is 16.3. The predicted molar refractivity (Wildman–Crippen MR) is 93.4 cm³/mol. The van der Waals surface area contributed by atoms with Crippen LogP contribution >= 0.6 is 7.92 Å². The molecule has 0 aromatic heterocycles. The maximum atomic E-state index is 11.7. The summed E-state index contributed by atoms with van der Waals surface area (Å²) in [4.78, 5) is 11.7. The molecular weight excluding hydrogens is 307 g/mol. The quantitative estimate of drug-likeness (QED) is 0.850. The molecule has 0 saturated heterocycles. The first kappa shape index (κ1) is 15.7. The lowest BCUT2D eigenvalue weighted by Gasteiger charge is -2.39. The maximum Gasteiger partial charge on any atom is 0.314 e. The third-order valence-electron chi connectivity index (χ3n) is 3.87. The normalized spacial score (nSPS) is 23.1. The van der Waals surface area contributed by atoms with Crippen molar-refractivity contribution in [1.29, 1.82) is 0 Å². The number of hydrogen-bond acceptors (Lipinski definition) is 2. The summed E-state index contributed by atoms with van der Waals surface area (Å²) in [6.07, 6.45) is 6.58. The van der Waals surface area contributed by atoms with Crippen molar-refractivity contribution in [2.24, 2.45) is 5.92 Å². The van der Waals surface area contributed by atoms with Crippen molar-refractivity contribution in [1.82, 2.24) is 0 Å². The van der Waals surface area contributed by atoms with E-state index in [1.165, 1.54) is 0 Å². The molecule has 0 spiro atoms. The fourth-order valence-corrected chi connectivity index (χ4v) is 5.59. The van der Waals surface area contributed by atoms with Crippen LogP contribution in [0.15, 0.2) is 85.0 Å². The van der Waals surface area contributed by atoms with Gasteiger partial charge in [0.25, 0.3) is 0 Å². The summed E-state index contributed by atoms with van der Waals surface area (Å²) >= 11 is 0. The zero-order valence-electron chi connectivity index (χ0n) is 12.4. The second-order valence-corrected chi connectivity index (χ2v) is 7.77. The van der Waals surface area contributed by atoms with Crippen molar-refractivity contribution >= 4 is 24.5 Å². The fraction of sp³-hybridized carbons (Fsp3) is 0.105. The third-order valence-corrected chi connectivity index (χ3v) is 6.64. The summed E-state index contributed by atoms with van der Waals surface area (Å²) in [7, 11) is -1.29. The van der Waals surface area contributed by atoms with Gasteiger partial charge in [0.1, 0.15) is 11.3 Å². The van der Waals surface area contributed by atoms with Crippen LogP contribution in [0, 0.1) is 5.92 Å². The molecule has 0 saturated carbocycles. The van der Waals surface area contributed by atoms with Gasteiger partial charge in [0, 0.05) is 0 Å². The van der Waals surface area contributed by atoms with Gasteiger partial charge in [-0.25, -0.2) is 0 Å². The summed E-state index contributed by atoms with van der Waals surface area (Å²) in [5, 5.41) is 21.4. The van der Waals surface area contributed by atoms with Gasteiger partial charge in [0.05, 0.1) is 0 Å². The van der Waals surface area contributed by atoms with E-state index in [2.05, 4.69) is 0 Å². The largest absolute Gasteiger partial charge is 0.481 e.